The van der Waals surface area contributed by atoms with Crippen molar-refractivity contribution >= 4 is 16.5 Å². The summed E-state index contributed by atoms with van der Waals surface area (Å²) in [6.45, 7) is 2.01. The van der Waals surface area contributed by atoms with Crippen molar-refractivity contribution in [2.45, 2.75) is 6.04 Å². The molecule has 4 nitrogen and oxygen atoms in total. The van der Waals surface area contributed by atoms with Crippen LogP contribution in [0.15, 0.2) is 36.4 Å². The fourth-order valence-corrected chi connectivity index (χ4v) is 2.75. The molecule has 20 heavy (non-hydrogen) atoms. The summed E-state index contributed by atoms with van der Waals surface area (Å²) in [6.07, 6.45) is 0. The molecule has 1 aliphatic heterocycles. The minimum absolute atomic E-state index is 0.0277. The monoisotopic (exact) mass is 268 g/mol. The number of ether oxygens (including phenoxy) is 1. The van der Waals surface area contributed by atoms with Gasteiger partial charge < -0.3 is 14.7 Å². The van der Waals surface area contributed by atoms with Crippen molar-refractivity contribution in [3.63, 3.8) is 0 Å². The van der Waals surface area contributed by atoms with Gasteiger partial charge in [0.2, 0.25) is 0 Å². The molecule has 2 aromatic carbocycles. The minimum atomic E-state index is -0.0277. The highest BCUT2D eigenvalue weighted by atomic mass is 16.5. The van der Waals surface area contributed by atoms with E-state index in [2.05, 4.69) is 11.0 Å². The summed E-state index contributed by atoms with van der Waals surface area (Å²) in [6, 6.07) is 13.9. The molecule has 1 heterocycles. The molecule has 0 saturated carbocycles. The Labute approximate surface area is 117 Å². The lowest BCUT2D eigenvalue weighted by Gasteiger charge is -2.37. The van der Waals surface area contributed by atoms with Crippen molar-refractivity contribution in [3.05, 3.63) is 42.0 Å². The number of nitriles is 1. The van der Waals surface area contributed by atoms with Crippen LogP contribution in [-0.2, 0) is 4.74 Å². The second-order valence-electron chi connectivity index (χ2n) is 4.89. The summed E-state index contributed by atoms with van der Waals surface area (Å²) in [4.78, 5) is 2.17. The van der Waals surface area contributed by atoms with E-state index in [9.17, 15) is 10.4 Å². The molecule has 1 N–H and O–H groups in total. The molecule has 1 saturated heterocycles. The SMILES string of the molecule is N#Cc1ccc(N2CCOCC2CO)c2ccccc12. The molecule has 1 aliphatic rings. The van der Waals surface area contributed by atoms with Gasteiger partial charge in [-0.1, -0.05) is 24.3 Å². The molecule has 1 fully saturated rings. The number of nitrogens with zero attached hydrogens (tertiary/aromatic N) is 2. The Morgan fingerprint density at radius 1 is 1.25 bits per heavy atom. The summed E-state index contributed by atoms with van der Waals surface area (Å²) in [7, 11) is 0. The predicted octanol–water partition coefficient (Wildman–Crippen LogP) is 1.91. The Bertz CT molecular complexity index is 663. The molecule has 0 amide bonds. The van der Waals surface area contributed by atoms with Crippen molar-refractivity contribution in [1.82, 2.24) is 0 Å². The van der Waals surface area contributed by atoms with Gasteiger partial charge in [0.05, 0.1) is 37.5 Å². The Balaban J connectivity index is 2.14. The maximum atomic E-state index is 9.52. The van der Waals surface area contributed by atoms with Gasteiger partial charge in [0.1, 0.15) is 0 Å². The molecule has 0 aromatic heterocycles. The average molecular weight is 268 g/mol. The van der Waals surface area contributed by atoms with E-state index >= 15 is 0 Å². The average Bonchev–Trinajstić information content (AvgIpc) is 2.53. The topological polar surface area (TPSA) is 56.5 Å². The first-order valence-corrected chi connectivity index (χ1v) is 6.72. The molecule has 0 bridgehead atoms. The van der Waals surface area contributed by atoms with E-state index in [1.54, 1.807) is 0 Å². The van der Waals surface area contributed by atoms with Crippen molar-refractivity contribution < 1.29 is 9.84 Å². The number of morpholine rings is 1. The van der Waals surface area contributed by atoms with Gasteiger partial charge in [-0.15, -0.1) is 0 Å². The van der Waals surface area contributed by atoms with Crippen LogP contribution in [0.2, 0.25) is 0 Å². The third-order valence-corrected chi connectivity index (χ3v) is 3.77. The van der Waals surface area contributed by atoms with Gasteiger partial charge in [-0.3, -0.25) is 0 Å². The van der Waals surface area contributed by atoms with Gasteiger partial charge in [-0.05, 0) is 12.1 Å². The van der Waals surface area contributed by atoms with Crippen LogP contribution < -0.4 is 4.90 Å². The Morgan fingerprint density at radius 2 is 2.05 bits per heavy atom. The van der Waals surface area contributed by atoms with E-state index in [4.69, 9.17) is 4.74 Å². The van der Waals surface area contributed by atoms with Crippen LogP contribution in [0, 0.1) is 11.3 Å². The molecule has 4 heteroatoms. The second-order valence-corrected chi connectivity index (χ2v) is 4.89. The van der Waals surface area contributed by atoms with Crippen molar-refractivity contribution in [3.8, 4) is 6.07 Å². The maximum Gasteiger partial charge on any atom is 0.0998 e. The van der Waals surface area contributed by atoms with Gasteiger partial charge in [0, 0.05) is 23.0 Å². The number of rotatable bonds is 2. The van der Waals surface area contributed by atoms with Crippen LogP contribution in [-0.4, -0.2) is 37.5 Å². The maximum absolute atomic E-state index is 9.52. The summed E-state index contributed by atoms with van der Waals surface area (Å²) < 4.78 is 5.43. The van der Waals surface area contributed by atoms with Crippen LogP contribution in [0.3, 0.4) is 0 Å². The minimum Gasteiger partial charge on any atom is -0.394 e. The number of aliphatic hydroxyl groups excluding tert-OH is 1. The zero-order valence-electron chi connectivity index (χ0n) is 11.1. The van der Waals surface area contributed by atoms with Gasteiger partial charge in [0.25, 0.3) is 0 Å². The molecule has 1 unspecified atom stereocenters. The quantitative estimate of drug-likeness (QED) is 0.904. The third kappa shape index (κ3) is 2.11. The molecule has 3 rings (SSSR count). The fraction of sp³-hybridized carbons (Fsp3) is 0.312. The van der Waals surface area contributed by atoms with Crippen LogP contribution in [0.5, 0.6) is 0 Å². The molecular formula is C16H16N2O2. The summed E-state index contributed by atoms with van der Waals surface area (Å²) in [5, 5.41) is 20.7. The van der Waals surface area contributed by atoms with E-state index < -0.39 is 0 Å². The normalized spacial score (nSPS) is 19.0. The number of anilines is 1. The van der Waals surface area contributed by atoms with Gasteiger partial charge in [-0.25, -0.2) is 0 Å². The highest BCUT2D eigenvalue weighted by molar-refractivity contribution is 5.98. The molecule has 0 aliphatic carbocycles. The Morgan fingerprint density at radius 3 is 2.80 bits per heavy atom. The van der Waals surface area contributed by atoms with Crippen molar-refractivity contribution in [2.75, 3.05) is 31.3 Å². The predicted molar refractivity (Wildman–Crippen MR) is 77.7 cm³/mol. The lowest BCUT2D eigenvalue weighted by atomic mass is 10.0. The summed E-state index contributed by atoms with van der Waals surface area (Å²) in [5.74, 6) is 0. The van der Waals surface area contributed by atoms with E-state index in [1.807, 2.05) is 36.4 Å². The summed E-state index contributed by atoms with van der Waals surface area (Å²) >= 11 is 0. The van der Waals surface area contributed by atoms with E-state index in [0.29, 0.717) is 18.8 Å². The van der Waals surface area contributed by atoms with Gasteiger partial charge >= 0.3 is 0 Å². The smallest absolute Gasteiger partial charge is 0.0998 e. The lowest BCUT2D eigenvalue weighted by molar-refractivity contribution is 0.0728. The van der Waals surface area contributed by atoms with E-state index in [1.165, 1.54) is 0 Å². The third-order valence-electron chi connectivity index (χ3n) is 3.77. The summed E-state index contributed by atoms with van der Waals surface area (Å²) in [5.41, 5.74) is 1.74. The molecular weight excluding hydrogens is 252 g/mol. The fourth-order valence-electron chi connectivity index (χ4n) is 2.75. The molecule has 1 atom stereocenters. The van der Waals surface area contributed by atoms with E-state index in [-0.39, 0.29) is 12.6 Å². The first-order valence-electron chi connectivity index (χ1n) is 6.72. The Hall–Kier alpha value is -2.09. The first kappa shape index (κ1) is 12.9. The zero-order valence-corrected chi connectivity index (χ0v) is 11.1. The molecule has 0 spiro atoms. The lowest BCUT2D eigenvalue weighted by Crippen LogP contribution is -2.47. The number of fused-ring (bicyclic) bond motifs is 1. The van der Waals surface area contributed by atoms with Crippen LogP contribution in [0.25, 0.3) is 10.8 Å². The number of benzene rings is 2. The molecule has 2 aromatic rings. The first-order chi connectivity index (χ1) is 9.85. The molecule has 0 radical (unpaired) electrons. The highest BCUT2D eigenvalue weighted by Crippen LogP contribution is 2.31. The van der Waals surface area contributed by atoms with Crippen LogP contribution in [0.1, 0.15) is 5.56 Å². The van der Waals surface area contributed by atoms with Gasteiger partial charge in [-0.2, -0.15) is 5.26 Å². The highest BCUT2D eigenvalue weighted by Gasteiger charge is 2.24. The standard InChI is InChI=1S/C16H16N2O2/c17-9-12-5-6-16(15-4-2-1-3-14(12)15)18-7-8-20-11-13(18)10-19/h1-6,13,19H,7-8,10-11H2. The molecule has 102 valence electrons. The Kier molecular flexibility index (Phi) is 3.55. The number of hydrogen-bond donors (Lipinski definition) is 1. The van der Waals surface area contributed by atoms with Crippen molar-refractivity contribution in [1.29, 1.82) is 5.26 Å². The van der Waals surface area contributed by atoms with Crippen LogP contribution >= 0.6 is 0 Å². The van der Waals surface area contributed by atoms with Gasteiger partial charge in [0.15, 0.2) is 0 Å². The van der Waals surface area contributed by atoms with Crippen molar-refractivity contribution in [2.24, 2.45) is 0 Å². The van der Waals surface area contributed by atoms with E-state index in [0.717, 1.165) is 23.0 Å². The number of hydrogen-bond acceptors (Lipinski definition) is 4. The zero-order chi connectivity index (χ0) is 13.9. The largest absolute Gasteiger partial charge is 0.394 e. The number of aliphatic hydroxyl groups is 1. The van der Waals surface area contributed by atoms with Crippen LogP contribution in [0.4, 0.5) is 5.69 Å². The second kappa shape index (κ2) is 5.49.